The molecule has 2 saturated carbocycles. The number of rotatable bonds is 4. The number of hydrogen-bond acceptors (Lipinski definition) is 0. The van der Waals surface area contributed by atoms with Gasteiger partial charge in [0.1, 0.15) is 11.6 Å². The maximum atomic E-state index is 14.8. The van der Waals surface area contributed by atoms with Crippen molar-refractivity contribution in [3.63, 3.8) is 0 Å². The molecule has 0 aliphatic heterocycles. The summed E-state index contributed by atoms with van der Waals surface area (Å²) in [5, 5.41) is 0. The van der Waals surface area contributed by atoms with Crippen LogP contribution < -0.4 is 0 Å². The van der Waals surface area contributed by atoms with Gasteiger partial charge >= 0.3 is 0 Å². The van der Waals surface area contributed by atoms with Crippen LogP contribution in [0, 0.1) is 29.4 Å². The van der Waals surface area contributed by atoms with Crippen LogP contribution in [-0.4, -0.2) is 0 Å². The van der Waals surface area contributed by atoms with Gasteiger partial charge in [0.05, 0.1) is 0 Å². The third-order valence-electron chi connectivity index (χ3n) is 7.02. The molecule has 144 valence electrons. The minimum atomic E-state index is -0.326. The number of halogens is 2. The van der Waals surface area contributed by atoms with E-state index in [0.717, 1.165) is 23.3 Å². The largest absolute Gasteiger partial charge is 0.207 e. The zero-order valence-electron chi connectivity index (χ0n) is 16.3. The molecule has 0 saturated heterocycles. The van der Waals surface area contributed by atoms with Crippen LogP contribution in [0.5, 0.6) is 0 Å². The van der Waals surface area contributed by atoms with Gasteiger partial charge in [0.2, 0.25) is 0 Å². The molecule has 2 aliphatic rings. The minimum Gasteiger partial charge on any atom is -0.207 e. The summed E-state index contributed by atoms with van der Waals surface area (Å²) in [6.07, 6.45) is 10.5. The predicted molar refractivity (Wildman–Crippen MR) is 108 cm³/mol. The van der Waals surface area contributed by atoms with E-state index in [0.29, 0.717) is 17.0 Å². The van der Waals surface area contributed by atoms with Crippen LogP contribution in [-0.2, 0) is 0 Å². The van der Waals surface area contributed by atoms with Crippen molar-refractivity contribution < 1.29 is 8.78 Å². The number of hydrogen-bond donors (Lipinski definition) is 0. The lowest BCUT2D eigenvalue weighted by molar-refractivity contribution is 0.114. The quantitative estimate of drug-likeness (QED) is 0.518. The van der Waals surface area contributed by atoms with Gasteiger partial charge in [-0.3, -0.25) is 0 Å². The molecule has 4 rings (SSSR count). The van der Waals surface area contributed by atoms with E-state index in [2.05, 4.69) is 13.0 Å². The minimum absolute atomic E-state index is 0.230. The molecule has 0 radical (unpaired) electrons. The Kier molecular flexibility index (Phi) is 5.61. The van der Waals surface area contributed by atoms with Crippen LogP contribution in [0.3, 0.4) is 0 Å². The molecule has 0 nitrogen and oxygen atoms in total. The van der Waals surface area contributed by atoms with Crippen molar-refractivity contribution in [2.45, 2.75) is 64.2 Å². The highest BCUT2D eigenvalue weighted by atomic mass is 19.1. The Morgan fingerprint density at radius 1 is 0.889 bits per heavy atom. The van der Waals surface area contributed by atoms with E-state index < -0.39 is 0 Å². The molecule has 2 aliphatic carbocycles. The summed E-state index contributed by atoms with van der Waals surface area (Å²) >= 11 is 0. The van der Waals surface area contributed by atoms with Crippen LogP contribution >= 0.6 is 0 Å². The maximum Gasteiger partial charge on any atom is 0.131 e. The Morgan fingerprint density at radius 2 is 1.70 bits per heavy atom. The lowest BCUT2D eigenvalue weighted by Crippen LogP contribution is -2.30. The van der Waals surface area contributed by atoms with Crippen LogP contribution in [0.25, 0.3) is 11.1 Å². The lowest BCUT2D eigenvalue weighted by atomic mass is 9.63. The summed E-state index contributed by atoms with van der Waals surface area (Å²) in [6.45, 7) is 2.30. The van der Waals surface area contributed by atoms with Gasteiger partial charge in [-0.2, -0.15) is 0 Å². The van der Waals surface area contributed by atoms with Gasteiger partial charge in [-0.25, -0.2) is 8.78 Å². The molecule has 2 aromatic carbocycles. The average Bonchev–Trinajstić information content (AvgIpc) is 2.68. The number of benzene rings is 2. The summed E-state index contributed by atoms with van der Waals surface area (Å²) in [4.78, 5) is 0. The van der Waals surface area contributed by atoms with E-state index in [-0.39, 0.29) is 11.6 Å². The highest BCUT2D eigenvalue weighted by Gasteiger charge is 2.35. The fraction of sp³-hybridized carbons (Fsp3) is 0.520. The Morgan fingerprint density at radius 3 is 2.48 bits per heavy atom. The second-order valence-electron chi connectivity index (χ2n) is 8.75. The van der Waals surface area contributed by atoms with Crippen LogP contribution in [0.1, 0.15) is 69.8 Å². The second-order valence-corrected chi connectivity index (χ2v) is 8.75. The van der Waals surface area contributed by atoms with Crippen molar-refractivity contribution >= 4 is 0 Å². The maximum absolute atomic E-state index is 14.8. The van der Waals surface area contributed by atoms with Gasteiger partial charge in [-0.05, 0) is 85.1 Å². The third-order valence-corrected chi connectivity index (χ3v) is 7.02. The Labute approximate surface area is 162 Å². The van der Waals surface area contributed by atoms with Gasteiger partial charge in [0, 0.05) is 5.56 Å². The highest BCUT2D eigenvalue weighted by molar-refractivity contribution is 5.64. The zero-order chi connectivity index (χ0) is 18.8. The molecule has 27 heavy (non-hydrogen) atoms. The Bertz CT molecular complexity index is 782. The molecule has 0 N–H and O–H groups in total. The van der Waals surface area contributed by atoms with Crippen LogP contribution in [0.4, 0.5) is 8.78 Å². The van der Waals surface area contributed by atoms with Crippen molar-refractivity contribution in [2.24, 2.45) is 17.8 Å². The first-order chi connectivity index (χ1) is 13.1. The Hall–Kier alpha value is -1.70. The molecule has 2 aromatic rings. The van der Waals surface area contributed by atoms with Gasteiger partial charge in [0.15, 0.2) is 0 Å². The van der Waals surface area contributed by atoms with E-state index >= 15 is 0 Å². The molecular weight excluding hydrogens is 338 g/mol. The summed E-state index contributed by atoms with van der Waals surface area (Å²) in [6, 6.07) is 11.8. The molecule has 1 unspecified atom stereocenters. The van der Waals surface area contributed by atoms with E-state index in [9.17, 15) is 8.78 Å². The van der Waals surface area contributed by atoms with Gasteiger partial charge < -0.3 is 0 Å². The molecule has 0 bridgehead atoms. The first-order valence-electron chi connectivity index (χ1n) is 10.7. The van der Waals surface area contributed by atoms with Crippen LogP contribution in [0.2, 0.25) is 0 Å². The standard InChI is InChI=1S/C25H30F2/c1-2-4-17-7-8-19-14-20(10-9-18(19)13-17)21-11-12-24(25(27)16-21)22-5-3-6-23(26)15-22/h3,5-6,11-12,15-20H,2,4,7-10,13-14H2,1H3/t17?,18-,19-,20-/m1/s1. The first-order valence-corrected chi connectivity index (χ1v) is 10.7. The molecule has 4 atom stereocenters. The fourth-order valence-electron chi connectivity index (χ4n) is 5.63. The van der Waals surface area contributed by atoms with Gasteiger partial charge in [0.25, 0.3) is 0 Å². The summed E-state index contributed by atoms with van der Waals surface area (Å²) < 4.78 is 28.2. The zero-order valence-corrected chi connectivity index (χ0v) is 16.3. The highest BCUT2D eigenvalue weighted by Crippen LogP contribution is 2.48. The first kappa shape index (κ1) is 18.7. The molecule has 2 heteroatoms. The molecular formula is C25H30F2. The third kappa shape index (κ3) is 4.10. The van der Waals surface area contributed by atoms with Crippen LogP contribution in [0.15, 0.2) is 42.5 Å². The SMILES string of the molecule is CCCC1CC[C@@H]2C[C@H](c3ccc(-c4cccc(F)c4)c(F)c3)CC[C@@H]2C1. The van der Waals surface area contributed by atoms with Crippen molar-refractivity contribution in [1.82, 2.24) is 0 Å². The summed E-state index contributed by atoms with van der Waals surface area (Å²) in [5.41, 5.74) is 2.23. The van der Waals surface area contributed by atoms with E-state index in [1.807, 2.05) is 6.07 Å². The van der Waals surface area contributed by atoms with E-state index in [4.69, 9.17) is 0 Å². The smallest absolute Gasteiger partial charge is 0.131 e. The lowest BCUT2D eigenvalue weighted by Gasteiger charge is -2.42. The monoisotopic (exact) mass is 368 g/mol. The van der Waals surface area contributed by atoms with Crippen molar-refractivity contribution in [1.29, 1.82) is 0 Å². The van der Waals surface area contributed by atoms with Crippen molar-refractivity contribution in [2.75, 3.05) is 0 Å². The molecule has 2 fully saturated rings. The molecule has 0 spiro atoms. The van der Waals surface area contributed by atoms with E-state index in [1.54, 1.807) is 18.2 Å². The topological polar surface area (TPSA) is 0 Å². The second kappa shape index (κ2) is 8.12. The Balaban J connectivity index is 1.46. The average molecular weight is 369 g/mol. The normalized spacial score (nSPS) is 28.0. The molecule has 0 heterocycles. The van der Waals surface area contributed by atoms with Crippen molar-refractivity contribution in [3.8, 4) is 11.1 Å². The van der Waals surface area contributed by atoms with E-state index in [1.165, 1.54) is 63.5 Å². The predicted octanol–water partition coefficient (Wildman–Crippen LogP) is 7.73. The number of fused-ring (bicyclic) bond motifs is 1. The van der Waals surface area contributed by atoms with Crippen molar-refractivity contribution in [3.05, 3.63) is 59.7 Å². The van der Waals surface area contributed by atoms with Gasteiger partial charge in [-0.15, -0.1) is 0 Å². The summed E-state index contributed by atoms with van der Waals surface area (Å²) in [7, 11) is 0. The summed E-state index contributed by atoms with van der Waals surface area (Å²) in [5.74, 6) is 2.58. The molecule has 0 amide bonds. The fourth-order valence-corrected chi connectivity index (χ4v) is 5.63. The van der Waals surface area contributed by atoms with Gasteiger partial charge in [-0.1, -0.05) is 50.5 Å². The molecule has 0 aromatic heterocycles.